The Balaban J connectivity index is 1.21. The summed E-state index contributed by atoms with van der Waals surface area (Å²) in [5.41, 5.74) is 4.74. The van der Waals surface area contributed by atoms with Gasteiger partial charge in [0, 0.05) is 54.5 Å². The molecule has 0 fully saturated rings. The highest BCUT2D eigenvalue weighted by Crippen LogP contribution is 2.34. The number of nitrogens with zero attached hydrogens (tertiary/aromatic N) is 2. The Labute approximate surface area is 213 Å². The topological polar surface area (TPSA) is 90.0 Å². The number of fused-ring (bicyclic) bond motifs is 3. The van der Waals surface area contributed by atoms with Crippen LogP contribution in [0.1, 0.15) is 27.2 Å². The van der Waals surface area contributed by atoms with Crippen LogP contribution >= 0.6 is 0 Å². The highest BCUT2D eigenvalue weighted by molar-refractivity contribution is 6.06. The number of hydrogen-bond donors (Lipinski definition) is 1. The van der Waals surface area contributed by atoms with Crippen LogP contribution in [-0.4, -0.2) is 41.7 Å². The molecule has 1 N–H and O–H groups in total. The molecule has 0 atom stereocenters. The maximum atomic E-state index is 13.4. The molecule has 0 saturated carbocycles. The predicted molar refractivity (Wildman–Crippen MR) is 137 cm³/mol. The van der Waals surface area contributed by atoms with Crippen LogP contribution in [0.25, 0.3) is 10.9 Å². The molecular weight excluding hydrogens is 470 g/mol. The van der Waals surface area contributed by atoms with Gasteiger partial charge in [0.2, 0.25) is 6.79 Å². The van der Waals surface area contributed by atoms with E-state index in [0.717, 1.165) is 41.7 Å². The van der Waals surface area contributed by atoms with E-state index in [1.807, 2.05) is 42.5 Å². The van der Waals surface area contributed by atoms with Gasteiger partial charge in [-0.25, -0.2) is 4.79 Å². The van der Waals surface area contributed by atoms with Crippen molar-refractivity contribution < 1.29 is 23.8 Å². The highest BCUT2D eigenvalue weighted by atomic mass is 16.7. The van der Waals surface area contributed by atoms with Gasteiger partial charge < -0.3 is 19.5 Å². The fraction of sp³-hybridized carbons (Fsp3) is 0.207. The molecule has 0 aliphatic carbocycles. The summed E-state index contributed by atoms with van der Waals surface area (Å²) < 4.78 is 16.2. The number of pyridine rings is 1. The molecule has 8 nitrogen and oxygen atoms in total. The van der Waals surface area contributed by atoms with Crippen molar-refractivity contribution >= 4 is 28.5 Å². The number of hydrogen-bond acceptors (Lipinski definition) is 7. The van der Waals surface area contributed by atoms with Crippen molar-refractivity contribution in [1.29, 1.82) is 0 Å². The van der Waals surface area contributed by atoms with E-state index in [1.165, 1.54) is 5.56 Å². The Hall–Kier alpha value is -4.43. The molecule has 37 heavy (non-hydrogen) atoms. The van der Waals surface area contributed by atoms with E-state index in [-0.39, 0.29) is 6.79 Å². The summed E-state index contributed by atoms with van der Waals surface area (Å²) in [7, 11) is 0. The highest BCUT2D eigenvalue weighted by Gasteiger charge is 2.27. The summed E-state index contributed by atoms with van der Waals surface area (Å²) >= 11 is 0. The second-order valence-electron chi connectivity index (χ2n) is 9.07. The Morgan fingerprint density at radius 3 is 2.68 bits per heavy atom. The van der Waals surface area contributed by atoms with Crippen LogP contribution in [0.3, 0.4) is 0 Å². The standard InChI is InChI=1S/C29H25N3O5/c33-27(30-20-10-11-25-26(14-20)37-18-36-25)17-35-29(34)28-21-8-4-5-9-23(21)31-24-12-13-32(16-22(24)28)15-19-6-2-1-3-7-19/h1-11,14H,12-13,15-18H2,(H,30,33). The number of rotatable bonds is 6. The minimum absolute atomic E-state index is 0.150. The molecule has 0 unspecified atom stereocenters. The normalized spacial score (nSPS) is 14.3. The number of anilines is 1. The molecule has 3 aromatic carbocycles. The lowest BCUT2D eigenvalue weighted by molar-refractivity contribution is -0.119. The van der Waals surface area contributed by atoms with Crippen molar-refractivity contribution in [2.75, 3.05) is 25.3 Å². The van der Waals surface area contributed by atoms with Crippen LogP contribution < -0.4 is 14.8 Å². The van der Waals surface area contributed by atoms with E-state index < -0.39 is 18.5 Å². The second kappa shape index (κ2) is 9.91. The van der Waals surface area contributed by atoms with Gasteiger partial charge in [-0.05, 0) is 23.8 Å². The number of benzene rings is 3. The summed E-state index contributed by atoms with van der Waals surface area (Å²) in [6, 6.07) is 22.9. The zero-order valence-electron chi connectivity index (χ0n) is 20.1. The van der Waals surface area contributed by atoms with Crippen molar-refractivity contribution in [2.24, 2.45) is 0 Å². The largest absolute Gasteiger partial charge is 0.454 e. The van der Waals surface area contributed by atoms with Gasteiger partial charge in [-0.15, -0.1) is 0 Å². The van der Waals surface area contributed by atoms with Gasteiger partial charge in [0.05, 0.1) is 11.1 Å². The van der Waals surface area contributed by atoms with Crippen LogP contribution in [-0.2, 0) is 29.0 Å². The van der Waals surface area contributed by atoms with E-state index >= 15 is 0 Å². The maximum Gasteiger partial charge on any atom is 0.339 e. The molecule has 8 heteroatoms. The van der Waals surface area contributed by atoms with Gasteiger partial charge in [-0.2, -0.15) is 0 Å². The first kappa shape index (κ1) is 23.0. The number of carbonyl (C=O) groups excluding carboxylic acids is 2. The van der Waals surface area contributed by atoms with Crippen LogP contribution in [0.5, 0.6) is 11.5 Å². The van der Waals surface area contributed by atoms with Crippen LogP contribution in [0.15, 0.2) is 72.8 Å². The predicted octanol–water partition coefficient (Wildman–Crippen LogP) is 4.32. The Bertz CT molecular complexity index is 1490. The molecule has 4 aromatic rings. The van der Waals surface area contributed by atoms with Crippen LogP contribution in [0, 0.1) is 0 Å². The van der Waals surface area contributed by atoms with Crippen molar-refractivity contribution in [2.45, 2.75) is 19.5 Å². The minimum Gasteiger partial charge on any atom is -0.454 e. The van der Waals surface area contributed by atoms with Crippen molar-refractivity contribution in [1.82, 2.24) is 9.88 Å². The Kier molecular flexibility index (Phi) is 6.16. The average Bonchev–Trinajstić information content (AvgIpc) is 3.39. The van der Waals surface area contributed by atoms with Crippen molar-refractivity contribution in [3.63, 3.8) is 0 Å². The number of para-hydroxylation sites is 1. The van der Waals surface area contributed by atoms with Gasteiger partial charge in [0.25, 0.3) is 5.91 Å². The van der Waals surface area contributed by atoms with E-state index in [1.54, 1.807) is 18.2 Å². The van der Waals surface area contributed by atoms with Gasteiger partial charge in [0.1, 0.15) is 0 Å². The van der Waals surface area contributed by atoms with E-state index in [0.29, 0.717) is 29.3 Å². The molecule has 186 valence electrons. The molecule has 1 amide bonds. The molecule has 0 bridgehead atoms. The molecule has 2 aliphatic heterocycles. The number of amides is 1. The molecule has 0 saturated heterocycles. The molecule has 0 spiro atoms. The van der Waals surface area contributed by atoms with Crippen molar-refractivity contribution in [3.05, 3.63) is 95.2 Å². The zero-order chi connectivity index (χ0) is 25.2. The third kappa shape index (κ3) is 4.83. The lowest BCUT2D eigenvalue weighted by Crippen LogP contribution is -2.32. The van der Waals surface area contributed by atoms with Gasteiger partial charge in [-0.3, -0.25) is 14.7 Å². The lowest BCUT2D eigenvalue weighted by Gasteiger charge is -2.30. The second-order valence-corrected chi connectivity index (χ2v) is 9.07. The third-order valence-electron chi connectivity index (χ3n) is 6.57. The molecule has 0 radical (unpaired) electrons. The SMILES string of the molecule is O=C(COC(=O)c1c2c(nc3ccccc13)CCN(Cc1ccccc1)C2)Nc1ccc2c(c1)OCO2. The van der Waals surface area contributed by atoms with E-state index in [4.69, 9.17) is 19.2 Å². The number of nitrogens with one attached hydrogen (secondary N) is 1. The first-order valence-corrected chi connectivity index (χ1v) is 12.2. The Morgan fingerprint density at radius 1 is 0.973 bits per heavy atom. The van der Waals surface area contributed by atoms with E-state index in [2.05, 4.69) is 22.3 Å². The van der Waals surface area contributed by atoms with Crippen LogP contribution in [0.2, 0.25) is 0 Å². The number of esters is 1. The molecule has 6 rings (SSSR count). The third-order valence-corrected chi connectivity index (χ3v) is 6.57. The molecular formula is C29H25N3O5. The first-order chi connectivity index (χ1) is 18.1. The monoisotopic (exact) mass is 495 g/mol. The average molecular weight is 496 g/mol. The molecule has 2 aliphatic rings. The fourth-order valence-electron chi connectivity index (χ4n) is 4.83. The lowest BCUT2D eigenvalue weighted by atomic mass is 9.95. The maximum absolute atomic E-state index is 13.4. The summed E-state index contributed by atoms with van der Waals surface area (Å²) in [6.45, 7) is 1.94. The van der Waals surface area contributed by atoms with Crippen molar-refractivity contribution in [3.8, 4) is 11.5 Å². The van der Waals surface area contributed by atoms with E-state index in [9.17, 15) is 9.59 Å². The molecule has 3 heterocycles. The summed E-state index contributed by atoms with van der Waals surface area (Å²) in [5, 5.41) is 3.47. The quantitative estimate of drug-likeness (QED) is 0.399. The fourth-order valence-corrected chi connectivity index (χ4v) is 4.83. The van der Waals surface area contributed by atoms with Gasteiger partial charge >= 0.3 is 5.97 Å². The minimum atomic E-state index is -0.530. The number of carbonyl (C=O) groups is 2. The smallest absolute Gasteiger partial charge is 0.339 e. The molecule has 1 aromatic heterocycles. The van der Waals surface area contributed by atoms with Crippen LogP contribution in [0.4, 0.5) is 5.69 Å². The Morgan fingerprint density at radius 2 is 1.78 bits per heavy atom. The van der Waals surface area contributed by atoms with Gasteiger partial charge in [0.15, 0.2) is 18.1 Å². The summed E-state index contributed by atoms with van der Waals surface area (Å²) in [5.74, 6) is 0.215. The summed E-state index contributed by atoms with van der Waals surface area (Å²) in [6.07, 6.45) is 0.734. The zero-order valence-corrected chi connectivity index (χ0v) is 20.1. The number of ether oxygens (including phenoxy) is 3. The summed E-state index contributed by atoms with van der Waals surface area (Å²) in [4.78, 5) is 33.1. The first-order valence-electron chi connectivity index (χ1n) is 12.2. The number of aromatic nitrogens is 1. The van der Waals surface area contributed by atoms with Gasteiger partial charge in [-0.1, -0.05) is 48.5 Å².